The van der Waals surface area contributed by atoms with Crippen molar-refractivity contribution in [3.63, 3.8) is 0 Å². The lowest BCUT2D eigenvalue weighted by molar-refractivity contribution is 1.09. The van der Waals surface area contributed by atoms with Gasteiger partial charge in [0.05, 0.1) is 0 Å². The van der Waals surface area contributed by atoms with Crippen LogP contribution in [0.3, 0.4) is 0 Å². The third-order valence-electron chi connectivity index (χ3n) is 16.4. The monoisotopic (exact) mass is 1220 g/mol. The molecule has 0 fully saturated rings. The molecule has 0 heterocycles. The van der Waals surface area contributed by atoms with Crippen molar-refractivity contribution in [2.45, 2.75) is 20.3 Å². The highest BCUT2D eigenvalue weighted by Gasteiger charge is 2.19. The number of allylic oxidation sites excluding steroid dienone is 2. The average Bonchev–Trinajstić information content (AvgIpc) is 1.08. The predicted octanol–water partition coefficient (Wildman–Crippen LogP) is 26.7. The van der Waals surface area contributed by atoms with Gasteiger partial charge < -0.3 is 19.6 Å². The molecule has 14 aromatic rings. The van der Waals surface area contributed by atoms with Crippen LogP contribution in [0.15, 0.2) is 401 Å². The standard InChI is InChI=1S/C84H62N4.C4H6.C3H8/c1-7-19-63(20-8-1)65-31-47-77(48-32-65)85(73-23-11-3-12-24-73)79-51-35-67(36-52-79)69-39-55-81(56-40-69)87(75-27-15-5-16-28-75)83-59-43-71(44-60-83)72-45-61-84(62-46-72)88(76-29-17-6-18-30-76)82-57-41-70(42-58-82)68-37-53-80(54-38-68)86(74-25-13-4-14-26-74)78-49-33-66(34-50-78)64-21-9-2-10-22-64;1-3-4-2;1-3-2/h1-62H;3-4H,1-2H2;3H2,1-2H3. The largest absolute Gasteiger partial charge is 0.311 e. The summed E-state index contributed by atoms with van der Waals surface area (Å²) in [5.74, 6) is 0. The second kappa shape index (κ2) is 31.2. The van der Waals surface area contributed by atoms with Gasteiger partial charge in [-0.3, -0.25) is 0 Å². The quantitative estimate of drug-likeness (QED) is 0.0794. The van der Waals surface area contributed by atoms with Crippen LogP contribution in [-0.4, -0.2) is 0 Å². The van der Waals surface area contributed by atoms with Gasteiger partial charge in [-0.15, -0.1) is 0 Å². The van der Waals surface area contributed by atoms with E-state index in [0.29, 0.717) is 0 Å². The number of nitrogens with zero attached hydrogens (tertiary/aromatic N) is 4. The molecule has 0 saturated heterocycles. The maximum absolute atomic E-state index is 3.36. The smallest absolute Gasteiger partial charge is 0.0462 e. The Kier molecular flexibility index (Phi) is 20.7. The Morgan fingerprint density at radius 3 is 0.400 bits per heavy atom. The Morgan fingerprint density at radius 1 is 0.168 bits per heavy atom. The number of anilines is 12. The third kappa shape index (κ3) is 15.2. The lowest BCUT2D eigenvalue weighted by Gasteiger charge is -2.27. The summed E-state index contributed by atoms with van der Waals surface area (Å²) in [5.41, 5.74) is 24.8. The van der Waals surface area contributed by atoms with Gasteiger partial charge in [-0.1, -0.05) is 276 Å². The summed E-state index contributed by atoms with van der Waals surface area (Å²) < 4.78 is 0. The van der Waals surface area contributed by atoms with Crippen molar-refractivity contribution in [3.05, 3.63) is 401 Å². The van der Waals surface area contributed by atoms with Gasteiger partial charge in [-0.2, -0.15) is 0 Å². The first-order valence-corrected chi connectivity index (χ1v) is 32.5. The summed E-state index contributed by atoms with van der Waals surface area (Å²) in [4.78, 5) is 9.28. The first-order valence-electron chi connectivity index (χ1n) is 32.5. The van der Waals surface area contributed by atoms with E-state index >= 15 is 0 Å². The molecule has 0 amide bonds. The Hall–Kier alpha value is -12.2. The van der Waals surface area contributed by atoms with Gasteiger partial charge in [0.15, 0.2) is 0 Å². The van der Waals surface area contributed by atoms with Gasteiger partial charge in [0.1, 0.15) is 0 Å². The molecule has 0 spiro atoms. The van der Waals surface area contributed by atoms with E-state index in [0.717, 1.165) is 102 Å². The maximum Gasteiger partial charge on any atom is 0.0462 e. The van der Waals surface area contributed by atoms with Crippen molar-refractivity contribution in [2.24, 2.45) is 0 Å². The Balaban J connectivity index is 0.00000118. The lowest BCUT2D eigenvalue weighted by atomic mass is 10.0. The molecule has 0 aromatic heterocycles. The SMILES string of the molecule is C=CC=C.CCC.c1ccc(-c2ccc(N(c3ccccc3)c3ccc(-c4ccc(N(c5ccccc5)c5ccc(-c6ccc(N(c7ccccc7)c7ccc(-c8ccc(N(c9ccccc9)c9ccc(-c%10ccccc%10)cc9)cc8)cc7)cc6)cc5)cc4)cc3)cc2)cc1. The zero-order valence-corrected chi connectivity index (χ0v) is 53.9. The van der Waals surface area contributed by atoms with Gasteiger partial charge >= 0.3 is 0 Å². The number of rotatable bonds is 18. The fraction of sp³-hybridized carbons (Fsp3) is 0.0330. The molecule has 4 nitrogen and oxygen atoms in total. The van der Waals surface area contributed by atoms with Crippen molar-refractivity contribution in [1.29, 1.82) is 0 Å². The van der Waals surface area contributed by atoms with E-state index in [2.05, 4.69) is 423 Å². The first-order chi connectivity index (χ1) is 47.0. The molecular weight excluding hydrogens is 1150 g/mol. The van der Waals surface area contributed by atoms with Gasteiger partial charge in [0, 0.05) is 68.2 Å². The summed E-state index contributed by atoms with van der Waals surface area (Å²) in [6.45, 7) is 11.0. The summed E-state index contributed by atoms with van der Waals surface area (Å²) in [6, 6.07) is 135. The van der Waals surface area contributed by atoms with Gasteiger partial charge in [0.2, 0.25) is 0 Å². The van der Waals surface area contributed by atoms with Gasteiger partial charge in [-0.05, 0) is 201 Å². The summed E-state index contributed by atoms with van der Waals surface area (Å²) >= 11 is 0. The highest BCUT2D eigenvalue weighted by atomic mass is 15.2. The molecule has 14 aromatic carbocycles. The van der Waals surface area contributed by atoms with E-state index in [1.165, 1.54) is 28.7 Å². The van der Waals surface area contributed by atoms with Crippen LogP contribution in [-0.2, 0) is 0 Å². The molecule has 0 aliphatic rings. The predicted molar refractivity (Wildman–Crippen MR) is 409 cm³/mol. The molecule has 0 N–H and O–H groups in total. The highest BCUT2D eigenvalue weighted by molar-refractivity contribution is 5.85. The molecule has 460 valence electrons. The van der Waals surface area contributed by atoms with E-state index in [1.807, 2.05) is 0 Å². The molecule has 0 aliphatic heterocycles. The molecule has 95 heavy (non-hydrogen) atoms. The van der Waals surface area contributed by atoms with Crippen LogP contribution in [0.5, 0.6) is 0 Å². The van der Waals surface area contributed by atoms with Crippen LogP contribution in [0.2, 0.25) is 0 Å². The van der Waals surface area contributed by atoms with Crippen LogP contribution in [0, 0.1) is 0 Å². The number of hydrogen-bond acceptors (Lipinski definition) is 4. The van der Waals surface area contributed by atoms with Crippen molar-refractivity contribution < 1.29 is 0 Å². The van der Waals surface area contributed by atoms with E-state index < -0.39 is 0 Å². The van der Waals surface area contributed by atoms with Crippen molar-refractivity contribution in [3.8, 4) is 55.6 Å². The minimum Gasteiger partial charge on any atom is -0.311 e. The van der Waals surface area contributed by atoms with Crippen LogP contribution < -0.4 is 19.6 Å². The number of benzene rings is 14. The fourth-order valence-corrected chi connectivity index (χ4v) is 11.8. The molecule has 0 radical (unpaired) electrons. The minimum atomic E-state index is 1.08. The molecular formula is C91H76N4. The fourth-order valence-electron chi connectivity index (χ4n) is 11.8. The molecule has 0 unspecified atom stereocenters. The molecule has 0 bridgehead atoms. The maximum atomic E-state index is 3.36. The topological polar surface area (TPSA) is 13.0 Å². The van der Waals surface area contributed by atoms with E-state index in [1.54, 1.807) is 12.2 Å². The number of hydrogen-bond donors (Lipinski definition) is 0. The number of para-hydroxylation sites is 4. The van der Waals surface area contributed by atoms with Gasteiger partial charge in [-0.25, -0.2) is 0 Å². The zero-order valence-electron chi connectivity index (χ0n) is 53.9. The highest BCUT2D eigenvalue weighted by Crippen LogP contribution is 2.42. The van der Waals surface area contributed by atoms with E-state index in [9.17, 15) is 0 Å². The molecule has 0 saturated carbocycles. The lowest BCUT2D eigenvalue weighted by Crippen LogP contribution is -2.10. The van der Waals surface area contributed by atoms with Crippen LogP contribution >= 0.6 is 0 Å². The van der Waals surface area contributed by atoms with Crippen LogP contribution in [0.1, 0.15) is 20.3 Å². The van der Waals surface area contributed by atoms with E-state index in [4.69, 9.17) is 0 Å². The molecule has 0 atom stereocenters. The second-order valence-electron chi connectivity index (χ2n) is 23.0. The average molecular weight is 1230 g/mol. The van der Waals surface area contributed by atoms with Crippen molar-refractivity contribution >= 4 is 68.2 Å². The van der Waals surface area contributed by atoms with Gasteiger partial charge in [0.25, 0.3) is 0 Å². The second-order valence-corrected chi connectivity index (χ2v) is 23.0. The summed E-state index contributed by atoms with van der Waals surface area (Å²) in [6.07, 6.45) is 4.53. The summed E-state index contributed by atoms with van der Waals surface area (Å²) in [5, 5.41) is 0. The third-order valence-corrected chi connectivity index (χ3v) is 16.4. The molecule has 4 heteroatoms. The first kappa shape index (κ1) is 62.9. The Labute approximate surface area is 561 Å². The Bertz CT molecular complexity index is 4320. The Morgan fingerprint density at radius 2 is 0.274 bits per heavy atom. The zero-order chi connectivity index (χ0) is 65.0. The molecule has 0 aliphatic carbocycles. The van der Waals surface area contributed by atoms with Crippen molar-refractivity contribution in [2.75, 3.05) is 19.6 Å². The van der Waals surface area contributed by atoms with E-state index in [-0.39, 0.29) is 0 Å². The van der Waals surface area contributed by atoms with Crippen LogP contribution in [0.4, 0.5) is 68.2 Å². The van der Waals surface area contributed by atoms with Crippen molar-refractivity contribution in [1.82, 2.24) is 0 Å². The minimum absolute atomic E-state index is 1.08. The van der Waals surface area contributed by atoms with Crippen LogP contribution in [0.25, 0.3) is 55.6 Å². The molecule has 14 rings (SSSR count). The normalized spacial score (nSPS) is 10.5. The summed E-state index contributed by atoms with van der Waals surface area (Å²) in [7, 11) is 0.